The summed E-state index contributed by atoms with van der Waals surface area (Å²) in [4.78, 5) is 1.71. The standard InChI is InChI=1S/C13H13F3N2O5S2/c14-13(15,16)23-9-5-1-2-6-10(9)25(21,22)11(18-17)12(24(19)20)7-3-4-8-12/h1-2,5-6H,3-4,7-8H2,(H,19,20)/p-1. The number of benzene rings is 1. The highest BCUT2D eigenvalue weighted by molar-refractivity contribution is 8.08. The first-order chi connectivity index (χ1) is 11.5. The zero-order valence-electron chi connectivity index (χ0n) is 12.5. The highest BCUT2D eigenvalue weighted by Crippen LogP contribution is 2.40. The third-order valence-electron chi connectivity index (χ3n) is 3.83. The highest BCUT2D eigenvalue weighted by Gasteiger charge is 2.54. The smallest absolute Gasteiger partial charge is 0.573 e. The molecule has 1 aliphatic rings. The van der Waals surface area contributed by atoms with E-state index in [1.54, 1.807) is 0 Å². The number of halogens is 3. The third-order valence-corrected chi connectivity index (χ3v) is 7.10. The van der Waals surface area contributed by atoms with E-state index >= 15 is 0 Å². The minimum atomic E-state index is -5.16. The van der Waals surface area contributed by atoms with Crippen LogP contribution in [0.4, 0.5) is 13.2 Å². The van der Waals surface area contributed by atoms with E-state index in [0.29, 0.717) is 12.8 Å². The first-order valence-corrected chi connectivity index (χ1v) is 9.52. The number of sulfone groups is 1. The van der Waals surface area contributed by atoms with Crippen LogP contribution in [0.25, 0.3) is 5.53 Å². The Morgan fingerprint density at radius 3 is 2.32 bits per heavy atom. The second-order valence-corrected chi connectivity index (χ2v) is 8.42. The number of hydrogen-bond donors (Lipinski definition) is 0. The van der Waals surface area contributed by atoms with Crippen molar-refractivity contribution in [1.82, 2.24) is 0 Å². The van der Waals surface area contributed by atoms with E-state index in [9.17, 15) is 35.9 Å². The molecule has 0 spiro atoms. The Kier molecular flexibility index (Phi) is 5.38. The van der Waals surface area contributed by atoms with Crippen LogP contribution in [0.3, 0.4) is 0 Å². The van der Waals surface area contributed by atoms with Crippen LogP contribution in [0.15, 0.2) is 29.2 Å². The van der Waals surface area contributed by atoms with Gasteiger partial charge in [0, 0.05) is 0 Å². The summed E-state index contributed by atoms with van der Waals surface area (Å²) in [5.41, 5.74) is 9.19. The molecule has 12 heteroatoms. The van der Waals surface area contributed by atoms with Crippen molar-refractivity contribution in [2.45, 2.75) is 41.7 Å². The Labute approximate surface area is 143 Å². The molecule has 1 atom stereocenters. The molecule has 138 valence electrons. The molecule has 1 saturated carbocycles. The largest absolute Gasteiger partial charge is 0.771 e. The monoisotopic (exact) mass is 397 g/mol. The zero-order chi connectivity index (χ0) is 18.9. The Morgan fingerprint density at radius 1 is 1.28 bits per heavy atom. The number of para-hydroxylation sites is 1. The number of nitrogens with zero attached hydrogens (tertiary/aromatic N) is 2. The van der Waals surface area contributed by atoms with E-state index in [0.717, 1.165) is 24.3 Å². The fraction of sp³-hybridized carbons (Fsp3) is 0.462. The molecule has 0 bridgehead atoms. The van der Waals surface area contributed by atoms with Crippen LogP contribution in [-0.2, 0) is 20.9 Å². The van der Waals surface area contributed by atoms with Gasteiger partial charge in [-0.25, -0.2) is 8.42 Å². The molecule has 1 aliphatic carbocycles. The molecule has 1 aromatic carbocycles. The number of ether oxygens (including phenoxy) is 1. The van der Waals surface area contributed by atoms with Gasteiger partial charge in [0.05, 0.1) is 0 Å². The Balaban J connectivity index is 2.62. The lowest BCUT2D eigenvalue weighted by Gasteiger charge is -2.26. The predicted molar refractivity (Wildman–Crippen MR) is 79.1 cm³/mol. The maximum absolute atomic E-state index is 12.8. The molecule has 25 heavy (non-hydrogen) atoms. The quantitative estimate of drug-likeness (QED) is 0.254. The molecule has 1 fully saturated rings. The molecule has 1 aromatic rings. The van der Waals surface area contributed by atoms with Gasteiger partial charge >= 0.3 is 11.4 Å². The second kappa shape index (κ2) is 6.87. The fourth-order valence-electron chi connectivity index (χ4n) is 2.77. The lowest BCUT2D eigenvalue weighted by molar-refractivity contribution is -0.275. The van der Waals surface area contributed by atoms with E-state index in [2.05, 4.69) is 9.53 Å². The zero-order valence-corrected chi connectivity index (χ0v) is 14.2. The van der Waals surface area contributed by atoms with Gasteiger partial charge in [0.25, 0.3) is 9.84 Å². The normalized spacial score (nSPS) is 18.4. The van der Waals surface area contributed by atoms with Gasteiger partial charge in [-0.15, -0.1) is 13.2 Å². The molecule has 0 radical (unpaired) electrons. The summed E-state index contributed by atoms with van der Waals surface area (Å²) in [7, 11) is -4.86. The van der Waals surface area contributed by atoms with Crippen molar-refractivity contribution in [2.24, 2.45) is 0 Å². The van der Waals surface area contributed by atoms with Gasteiger partial charge in [0.15, 0.2) is 0 Å². The van der Waals surface area contributed by atoms with Crippen molar-refractivity contribution in [3.63, 3.8) is 0 Å². The second-order valence-electron chi connectivity index (χ2n) is 5.34. The van der Waals surface area contributed by atoms with Crippen LogP contribution >= 0.6 is 0 Å². The average Bonchev–Trinajstić information content (AvgIpc) is 2.97. The molecule has 0 saturated heterocycles. The Morgan fingerprint density at radius 2 is 1.84 bits per heavy atom. The lowest BCUT2D eigenvalue weighted by atomic mass is 10.1. The van der Waals surface area contributed by atoms with Gasteiger partial charge in [0.2, 0.25) is 0 Å². The Hall–Kier alpha value is -1.75. The molecule has 0 aliphatic heterocycles. The number of alkyl halides is 3. The van der Waals surface area contributed by atoms with Crippen LogP contribution in [0.2, 0.25) is 0 Å². The van der Waals surface area contributed by atoms with Gasteiger partial charge < -0.3 is 14.8 Å². The maximum Gasteiger partial charge on any atom is 0.573 e. The van der Waals surface area contributed by atoms with Crippen LogP contribution in [0.5, 0.6) is 5.75 Å². The molecule has 0 amide bonds. The summed E-state index contributed by atoms with van der Waals surface area (Å²) in [6.45, 7) is 0. The first-order valence-electron chi connectivity index (χ1n) is 6.96. The van der Waals surface area contributed by atoms with Crippen molar-refractivity contribution >= 4 is 26.0 Å². The van der Waals surface area contributed by atoms with Crippen molar-refractivity contribution in [2.75, 3.05) is 0 Å². The van der Waals surface area contributed by atoms with E-state index in [-0.39, 0.29) is 12.8 Å². The molecule has 1 unspecified atom stereocenters. The maximum atomic E-state index is 12.8. The van der Waals surface area contributed by atoms with E-state index in [1.807, 2.05) is 0 Å². The molecule has 0 N–H and O–H groups in total. The third kappa shape index (κ3) is 3.76. The van der Waals surface area contributed by atoms with Crippen molar-refractivity contribution in [3.05, 3.63) is 29.8 Å². The molecular weight excluding hydrogens is 385 g/mol. The lowest BCUT2D eigenvalue weighted by Crippen LogP contribution is -2.45. The molecule has 0 heterocycles. The topological polar surface area (TPSA) is 120 Å². The molecular formula is C13H12F3N2O5S2-. The fourth-order valence-corrected chi connectivity index (χ4v) is 5.75. The van der Waals surface area contributed by atoms with E-state index in [1.165, 1.54) is 0 Å². The summed E-state index contributed by atoms with van der Waals surface area (Å²) in [5, 5.41) is -1.11. The molecule has 0 aromatic heterocycles. The Bertz CT molecular complexity index is 841. The van der Waals surface area contributed by atoms with Crippen LogP contribution < -0.4 is 4.74 Å². The van der Waals surface area contributed by atoms with Gasteiger partial charge in [-0.1, -0.05) is 25.0 Å². The summed E-state index contributed by atoms with van der Waals surface area (Å²) in [6, 6.07) is 3.84. The summed E-state index contributed by atoms with van der Waals surface area (Å²) in [5.74, 6) is -1.04. The van der Waals surface area contributed by atoms with Gasteiger partial charge in [-0.05, 0) is 36.1 Å². The average molecular weight is 397 g/mol. The first kappa shape index (κ1) is 19.6. The van der Waals surface area contributed by atoms with Crippen molar-refractivity contribution in [3.8, 4) is 5.75 Å². The van der Waals surface area contributed by atoms with Crippen molar-refractivity contribution < 1.29 is 39.9 Å². The number of hydrogen-bond acceptors (Lipinski definition) is 5. The minimum Gasteiger partial charge on any atom is -0.771 e. The summed E-state index contributed by atoms with van der Waals surface area (Å²) >= 11 is -2.96. The van der Waals surface area contributed by atoms with Gasteiger partial charge in [-0.3, -0.25) is 4.21 Å². The van der Waals surface area contributed by atoms with Crippen LogP contribution in [0, 0.1) is 0 Å². The molecule has 2 rings (SSSR count). The number of rotatable bonds is 4. The van der Waals surface area contributed by atoms with E-state index in [4.69, 9.17) is 0 Å². The van der Waals surface area contributed by atoms with Gasteiger partial charge in [0.1, 0.15) is 15.4 Å². The van der Waals surface area contributed by atoms with E-state index < -0.39 is 47.7 Å². The summed E-state index contributed by atoms with van der Waals surface area (Å²) < 4.78 is 88.0. The predicted octanol–water partition coefficient (Wildman–Crippen LogP) is 2.18. The van der Waals surface area contributed by atoms with Crippen LogP contribution in [-0.4, -0.2) is 38.1 Å². The highest BCUT2D eigenvalue weighted by atomic mass is 32.2. The minimum absolute atomic E-state index is 0.121. The van der Waals surface area contributed by atoms with Crippen molar-refractivity contribution in [1.29, 1.82) is 0 Å². The molecule has 7 nitrogen and oxygen atoms in total. The summed E-state index contributed by atoms with van der Waals surface area (Å²) in [6.07, 6.45) is -4.67. The van der Waals surface area contributed by atoms with Gasteiger partial charge in [-0.2, -0.15) is 4.79 Å². The van der Waals surface area contributed by atoms with Crippen LogP contribution in [0.1, 0.15) is 25.7 Å². The SMILES string of the molecule is [N-]=[N+]=C(C1(S(=O)[O-])CCCC1)S(=O)(=O)c1ccccc1OC(F)(F)F.